The van der Waals surface area contributed by atoms with Crippen molar-refractivity contribution >= 4 is 151 Å². The van der Waals surface area contributed by atoms with Gasteiger partial charge in [0.25, 0.3) is 0 Å². The first-order valence-electron chi connectivity index (χ1n) is 38.6. The number of hydrogen-bond acceptors (Lipinski definition) is 0. The third-order valence-corrected chi connectivity index (χ3v) is 23.8. The monoisotopic (exact) mass is 1610 g/mol. The molecule has 524 valence electrons. The first-order valence-corrected chi connectivity index (χ1v) is 41.7. The lowest BCUT2D eigenvalue weighted by atomic mass is 9.89. The van der Waals surface area contributed by atoms with E-state index >= 15 is 0 Å². The van der Waals surface area contributed by atoms with E-state index in [1.807, 2.05) is 0 Å². The van der Waals surface area contributed by atoms with Crippen LogP contribution in [0.4, 0.5) is 0 Å². The molecule has 15 aromatic rings. The lowest BCUT2D eigenvalue weighted by Gasteiger charge is -2.21. The molecule has 0 amide bonds. The van der Waals surface area contributed by atoms with Gasteiger partial charge < -0.3 is 13.7 Å². The van der Waals surface area contributed by atoms with E-state index in [4.69, 9.17) is 0 Å². The van der Waals surface area contributed by atoms with E-state index in [1.54, 1.807) is 11.1 Å². The summed E-state index contributed by atoms with van der Waals surface area (Å²) >= 11 is 14.9. The first-order chi connectivity index (χ1) is 50.4. The van der Waals surface area contributed by atoms with Crippen LogP contribution in [0.25, 0.3) is 115 Å². The van der Waals surface area contributed by atoms with Crippen molar-refractivity contribution in [3.05, 3.63) is 275 Å². The summed E-state index contributed by atoms with van der Waals surface area (Å²) in [5.74, 6) is 0.535. The summed E-state index contributed by atoms with van der Waals surface area (Å²) in [6, 6.07) is 81.9. The number of nitrogens with zero attached hydrogens (tertiary/aromatic N) is 3. The van der Waals surface area contributed by atoms with Crippen LogP contribution in [-0.4, -0.2) is 13.7 Å². The zero-order chi connectivity index (χ0) is 71.1. The Bertz CT molecular complexity index is 5540. The fourth-order valence-electron chi connectivity index (χ4n) is 16.7. The third-order valence-electron chi connectivity index (χ3n) is 21.8. The van der Waals surface area contributed by atoms with Gasteiger partial charge in [0.1, 0.15) is 0 Å². The minimum absolute atomic E-state index is 0.535. The second-order valence-corrected chi connectivity index (χ2v) is 32.9. The summed E-state index contributed by atoms with van der Waals surface area (Å²) in [5.41, 5.74) is 24.8. The number of unbranched alkanes of at least 4 members (excludes halogenated alkanes) is 12. The maximum absolute atomic E-state index is 3.82. The SMILES string of the molecule is Brc1ccc2c(c1)-c1ccccc1C2.CCCCCCc1cc(-n2c3ccc(Br)cc3c3c4ccccc4ccc32)c(CCCCCC)cc1-n1c2ccccc2c2cc(Br)ccc21.CCCCCCc1cc(-n2c3ccc(Br)cc3c3c4ccccc4ccc32)c(CCCCCC)cc1C(C)C. The average Bonchev–Trinajstić information content (AvgIpc) is 1.58. The molecule has 0 spiro atoms. The fraction of sp³-hybridized carbons (Fsp3) is 0.292. The molecular weight excluding hydrogens is 1510 g/mol. The predicted octanol–water partition coefficient (Wildman–Crippen LogP) is 30.9. The van der Waals surface area contributed by atoms with Crippen molar-refractivity contribution in [2.45, 2.75) is 182 Å². The number of rotatable bonds is 24. The van der Waals surface area contributed by atoms with Gasteiger partial charge in [0.15, 0.2) is 0 Å². The number of halogens is 4. The molecule has 0 bridgehead atoms. The number of aromatic nitrogens is 3. The van der Waals surface area contributed by atoms with Crippen LogP contribution in [0.1, 0.15) is 189 Å². The highest BCUT2D eigenvalue weighted by Crippen LogP contribution is 2.45. The Labute approximate surface area is 644 Å². The van der Waals surface area contributed by atoms with E-state index < -0.39 is 0 Å². The van der Waals surface area contributed by atoms with Gasteiger partial charge in [0, 0.05) is 67.3 Å². The van der Waals surface area contributed by atoms with Crippen LogP contribution in [0.3, 0.4) is 0 Å². The van der Waals surface area contributed by atoms with Crippen LogP contribution >= 0.6 is 63.7 Å². The van der Waals surface area contributed by atoms with Crippen molar-refractivity contribution in [3.63, 3.8) is 0 Å². The minimum atomic E-state index is 0.535. The number of aryl methyl sites for hydroxylation is 4. The van der Waals surface area contributed by atoms with Gasteiger partial charge in [-0.25, -0.2) is 0 Å². The summed E-state index contributed by atoms with van der Waals surface area (Å²) in [5, 5.41) is 13.1. The molecule has 7 heteroatoms. The Balaban J connectivity index is 0.000000149. The van der Waals surface area contributed by atoms with E-state index in [2.05, 4.69) is 337 Å². The normalized spacial score (nSPS) is 12.0. The van der Waals surface area contributed by atoms with Gasteiger partial charge in [-0.05, 0) is 238 Å². The van der Waals surface area contributed by atoms with Crippen LogP contribution in [0.5, 0.6) is 0 Å². The minimum Gasteiger partial charge on any atom is -0.309 e. The average molecular weight is 1610 g/mol. The molecular formula is C96H97Br4N3. The van der Waals surface area contributed by atoms with Crippen molar-refractivity contribution in [1.82, 2.24) is 13.7 Å². The van der Waals surface area contributed by atoms with Gasteiger partial charge >= 0.3 is 0 Å². The highest BCUT2D eigenvalue weighted by Gasteiger charge is 2.25. The number of benzene rings is 12. The number of hydrogen-bond donors (Lipinski definition) is 0. The predicted molar refractivity (Wildman–Crippen MR) is 462 cm³/mol. The molecule has 0 radical (unpaired) electrons. The van der Waals surface area contributed by atoms with E-state index in [0.29, 0.717) is 5.92 Å². The van der Waals surface area contributed by atoms with Crippen molar-refractivity contribution in [2.24, 2.45) is 0 Å². The lowest BCUT2D eigenvalue weighted by molar-refractivity contribution is 0.657. The van der Waals surface area contributed by atoms with Crippen molar-refractivity contribution in [1.29, 1.82) is 0 Å². The Morgan fingerprint density at radius 3 is 1.17 bits per heavy atom. The van der Waals surface area contributed by atoms with Crippen LogP contribution in [-0.2, 0) is 32.1 Å². The third kappa shape index (κ3) is 15.2. The van der Waals surface area contributed by atoms with E-state index in [1.165, 1.54) is 252 Å². The van der Waals surface area contributed by atoms with Gasteiger partial charge in [-0.3, -0.25) is 0 Å². The summed E-state index contributed by atoms with van der Waals surface area (Å²) in [6.07, 6.45) is 25.7. The zero-order valence-electron chi connectivity index (χ0n) is 61.1. The smallest absolute Gasteiger partial charge is 0.0547 e. The van der Waals surface area contributed by atoms with E-state index in [9.17, 15) is 0 Å². The largest absolute Gasteiger partial charge is 0.309 e. The van der Waals surface area contributed by atoms with Gasteiger partial charge in [-0.15, -0.1) is 0 Å². The zero-order valence-corrected chi connectivity index (χ0v) is 67.4. The highest BCUT2D eigenvalue weighted by molar-refractivity contribution is 9.11. The van der Waals surface area contributed by atoms with Crippen LogP contribution in [0.2, 0.25) is 0 Å². The number of fused-ring (bicyclic) bond motifs is 16. The van der Waals surface area contributed by atoms with Gasteiger partial charge in [0.05, 0.1) is 33.1 Å². The maximum Gasteiger partial charge on any atom is 0.0547 e. The molecule has 3 aromatic heterocycles. The molecule has 0 aliphatic heterocycles. The van der Waals surface area contributed by atoms with Crippen molar-refractivity contribution in [3.8, 4) is 28.2 Å². The van der Waals surface area contributed by atoms with E-state index in [0.717, 1.165) is 43.6 Å². The molecule has 0 atom stereocenters. The summed E-state index contributed by atoms with van der Waals surface area (Å²) in [6.45, 7) is 14.0. The molecule has 0 N–H and O–H groups in total. The van der Waals surface area contributed by atoms with Crippen LogP contribution < -0.4 is 0 Å². The van der Waals surface area contributed by atoms with Gasteiger partial charge in [-0.1, -0.05) is 298 Å². The van der Waals surface area contributed by atoms with Crippen molar-refractivity contribution < 1.29 is 0 Å². The summed E-state index contributed by atoms with van der Waals surface area (Å²) in [4.78, 5) is 0. The molecule has 3 heterocycles. The topological polar surface area (TPSA) is 14.8 Å². The number of para-hydroxylation sites is 1. The molecule has 0 unspecified atom stereocenters. The first kappa shape index (κ1) is 72.4. The second-order valence-electron chi connectivity index (χ2n) is 29.2. The standard InChI is InChI=1S/C46H44Br2N2.C37H44BrN.C13H9Br/c1-3-5-7-9-16-32-28-45(50-42-26-23-35(48)30-39(42)46-36-18-12-11-15-31(36)21-24-43(46)50)33(17-10-8-6-4-2)27-44(32)49-40-20-14-13-19-37(40)38-29-34(47)22-25-41(38)49;1-5-7-9-11-16-28-24-36(29(17-12-10-8-6-2)23-32(28)26(3)4)39-34-22-20-30(38)25-33(34)37-31-18-14-13-15-27(31)19-21-35(37)39;14-11-6-5-10-7-9-3-1-2-4-12(9)13(10)8-11/h11-15,18-30H,3-10,16-17H2,1-2H3;13-15,18-26H,5-12,16-17H2,1-4H3;1-6,8H,7H2. The molecule has 12 aromatic carbocycles. The summed E-state index contributed by atoms with van der Waals surface area (Å²) in [7, 11) is 0. The van der Waals surface area contributed by atoms with Gasteiger partial charge in [-0.2, -0.15) is 0 Å². The fourth-order valence-corrected chi connectivity index (χ4v) is 18.1. The highest BCUT2D eigenvalue weighted by atomic mass is 79.9. The Morgan fingerprint density at radius 2 is 0.660 bits per heavy atom. The van der Waals surface area contributed by atoms with Crippen molar-refractivity contribution in [2.75, 3.05) is 0 Å². The molecule has 3 nitrogen and oxygen atoms in total. The quantitative estimate of drug-likeness (QED) is 0.0536. The maximum atomic E-state index is 3.82. The van der Waals surface area contributed by atoms with Crippen LogP contribution in [0, 0.1) is 0 Å². The molecule has 1 aliphatic carbocycles. The Morgan fingerprint density at radius 1 is 0.291 bits per heavy atom. The Kier molecular flexibility index (Phi) is 23.4. The summed E-state index contributed by atoms with van der Waals surface area (Å²) < 4.78 is 12.2. The Hall–Kier alpha value is -7.52. The van der Waals surface area contributed by atoms with Gasteiger partial charge in [0.2, 0.25) is 0 Å². The molecule has 0 fully saturated rings. The second kappa shape index (κ2) is 33.3. The molecule has 1 aliphatic rings. The lowest BCUT2D eigenvalue weighted by Crippen LogP contribution is -2.07. The molecule has 103 heavy (non-hydrogen) atoms. The van der Waals surface area contributed by atoms with Crippen LogP contribution in [0.15, 0.2) is 236 Å². The molecule has 0 saturated carbocycles. The molecule has 16 rings (SSSR count). The van der Waals surface area contributed by atoms with E-state index in [-0.39, 0.29) is 0 Å². The molecule has 0 saturated heterocycles.